The lowest BCUT2D eigenvalue weighted by Gasteiger charge is -2.11. The quantitative estimate of drug-likeness (QED) is 0.765. The van der Waals surface area contributed by atoms with Crippen molar-refractivity contribution in [3.63, 3.8) is 0 Å². The molecule has 3 nitrogen and oxygen atoms in total. The van der Waals surface area contributed by atoms with Gasteiger partial charge in [-0.15, -0.1) is 0 Å². The number of ether oxygens (including phenoxy) is 1. The van der Waals surface area contributed by atoms with Crippen LogP contribution in [0.15, 0.2) is 61.1 Å². The Kier molecular flexibility index (Phi) is 4.01. The number of aromatic nitrogens is 2. The van der Waals surface area contributed by atoms with E-state index in [-0.39, 0.29) is 0 Å². The van der Waals surface area contributed by atoms with Crippen molar-refractivity contribution >= 4 is 0 Å². The molecule has 0 bridgehead atoms. The van der Waals surface area contributed by atoms with E-state index in [2.05, 4.69) is 41.2 Å². The molecule has 0 unspecified atom stereocenters. The number of rotatable bonds is 5. The predicted molar refractivity (Wildman–Crippen MR) is 84.4 cm³/mol. The van der Waals surface area contributed by atoms with Crippen molar-refractivity contribution in [2.75, 3.05) is 6.61 Å². The maximum Gasteiger partial charge on any atom is 0.128 e. The number of aromatic amines is 1. The van der Waals surface area contributed by atoms with Gasteiger partial charge in [-0.25, -0.2) is 4.98 Å². The molecular formula is C18H18N2O. The topological polar surface area (TPSA) is 37.9 Å². The summed E-state index contributed by atoms with van der Waals surface area (Å²) in [6.07, 6.45) is 4.46. The Morgan fingerprint density at radius 3 is 2.67 bits per heavy atom. The fourth-order valence-electron chi connectivity index (χ4n) is 2.37. The van der Waals surface area contributed by atoms with Gasteiger partial charge in [0.25, 0.3) is 0 Å². The summed E-state index contributed by atoms with van der Waals surface area (Å²) >= 11 is 0. The van der Waals surface area contributed by atoms with Crippen LogP contribution in [0.2, 0.25) is 0 Å². The van der Waals surface area contributed by atoms with Gasteiger partial charge < -0.3 is 9.72 Å². The van der Waals surface area contributed by atoms with Crippen LogP contribution < -0.4 is 4.74 Å². The molecule has 3 heteroatoms. The first kappa shape index (κ1) is 13.4. The molecule has 21 heavy (non-hydrogen) atoms. The number of H-pyrrole nitrogens is 1. The van der Waals surface area contributed by atoms with Crippen LogP contribution in [0.3, 0.4) is 0 Å². The van der Waals surface area contributed by atoms with Gasteiger partial charge in [0.1, 0.15) is 5.75 Å². The van der Waals surface area contributed by atoms with E-state index in [4.69, 9.17) is 4.74 Å². The van der Waals surface area contributed by atoms with E-state index in [1.165, 1.54) is 11.1 Å². The summed E-state index contributed by atoms with van der Waals surface area (Å²) in [5.41, 5.74) is 4.56. The largest absolute Gasteiger partial charge is 0.493 e. The molecule has 0 spiro atoms. The zero-order chi connectivity index (χ0) is 14.5. The van der Waals surface area contributed by atoms with Crippen LogP contribution in [0.4, 0.5) is 0 Å². The number of nitrogens with zero attached hydrogens (tertiary/aromatic N) is 1. The van der Waals surface area contributed by atoms with Gasteiger partial charge in [0.05, 0.1) is 18.6 Å². The van der Waals surface area contributed by atoms with Crippen molar-refractivity contribution in [3.05, 3.63) is 72.2 Å². The van der Waals surface area contributed by atoms with Gasteiger partial charge in [0, 0.05) is 18.2 Å². The summed E-state index contributed by atoms with van der Waals surface area (Å²) in [5.74, 6) is 0.873. The molecule has 0 aliphatic rings. The van der Waals surface area contributed by atoms with Crippen molar-refractivity contribution in [1.29, 1.82) is 0 Å². The zero-order valence-corrected chi connectivity index (χ0v) is 12.0. The highest BCUT2D eigenvalue weighted by atomic mass is 16.5. The molecule has 0 saturated heterocycles. The maximum absolute atomic E-state index is 5.97. The monoisotopic (exact) mass is 278 g/mol. The Morgan fingerprint density at radius 2 is 1.86 bits per heavy atom. The van der Waals surface area contributed by atoms with E-state index >= 15 is 0 Å². The van der Waals surface area contributed by atoms with Crippen LogP contribution in [-0.2, 0) is 6.42 Å². The lowest BCUT2D eigenvalue weighted by atomic mass is 10.1. The lowest BCUT2D eigenvalue weighted by molar-refractivity contribution is 0.323. The van der Waals surface area contributed by atoms with Crippen LogP contribution in [-0.4, -0.2) is 16.6 Å². The van der Waals surface area contributed by atoms with Crippen LogP contribution in [0.25, 0.3) is 11.3 Å². The molecule has 0 saturated carbocycles. The minimum Gasteiger partial charge on any atom is -0.493 e. The van der Waals surface area contributed by atoms with Crippen LogP contribution in [0.5, 0.6) is 5.75 Å². The Bertz CT molecular complexity index is 705. The van der Waals surface area contributed by atoms with Gasteiger partial charge in [-0.3, -0.25) is 0 Å². The minimum absolute atomic E-state index is 0.659. The molecule has 1 N–H and O–H groups in total. The fourth-order valence-corrected chi connectivity index (χ4v) is 2.37. The molecule has 2 aromatic carbocycles. The van der Waals surface area contributed by atoms with E-state index in [9.17, 15) is 0 Å². The summed E-state index contributed by atoms with van der Waals surface area (Å²) in [5, 5.41) is 0. The molecule has 0 aliphatic carbocycles. The molecule has 1 heterocycles. The van der Waals surface area contributed by atoms with Gasteiger partial charge in [-0.1, -0.05) is 36.4 Å². The van der Waals surface area contributed by atoms with Crippen molar-refractivity contribution < 1.29 is 4.74 Å². The Labute approximate surface area is 124 Å². The number of aryl methyl sites for hydroxylation is 1. The Morgan fingerprint density at radius 1 is 1.05 bits per heavy atom. The third-order valence-electron chi connectivity index (χ3n) is 3.55. The molecule has 1 aromatic heterocycles. The average molecular weight is 278 g/mol. The van der Waals surface area contributed by atoms with Gasteiger partial charge >= 0.3 is 0 Å². The molecule has 0 amide bonds. The number of hydrogen-bond acceptors (Lipinski definition) is 2. The third kappa shape index (κ3) is 3.14. The summed E-state index contributed by atoms with van der Waals surface area (Å²) in [4.78, 5) is 7.27. The minimum atomic E-state index is 0.659. The number of hydrogen-bond donors (Lipinski definition) is 1. The molecule has 0 aliphatic heterocycles. The summed E-state index contributed by atoms with van der Waals surface area (Å²) in [6.45, 7) is 2.79. The zero-order valence-electron chi connectivity index (χ0n) is 12.0. The maximum atomic E-state index is 5.97. The standard InChI is InChI=1S/C18H18N2O/c1-14-6-2-3-7-15(14)10-11-21-18-9-5-4-8-16(18)17-12-19-13-20-17/h2-9,12-13H,10-11H2,1H3,(H,19,20). The number of nitrogens with one attached hydrogen (secondary N) is 1. The van der Waals surface area contributed by atoms with E-state index in [0.29, 0.717) is 6.61 Å². The number of imidazole rings is 1. The smallest absolute Gasteiger partial charge is 0.128 e. The second-order valence-corrected chi connectivity index (χ2v) is 4.98. The van der Waals surface area contributed by atoms with E-state index in [1.807, 2.05) is 30.5 Å². The molecule has 3 aromatic rings. The van der Waals surface area contributed by atoms with Crippen LogP contribution >= 0.6 is 0 Å². The van der Waals surface area contributed by atoms with Gasteiger partial charge in [-0.05, 0) is 30.2 Å². The van der Waals surface area contributed by atoms with Crippen molar-refractivity contribution in [2.45, 2.75) is 13.3 Å². The van der Waals surface area contributed by atoms with Gasteiger partial charge in [0.15, 0.2) is 0 Å². The highest BCUT2D eigenvalue weighted by molar-refractivity contribution is 5.66. The van der Waals surface area contributed by atoms with Crippen molar-refractivity contribution in [1.82, 2.24) is 9.97 Å². The lowest BCUT2D eigenvalue weighted by Crippen LogP contribution is -2.03. The molecule has 106 valence electrons. The van der Waals surface area contributed by atoms with E-state index < -0.39 is 0 Å². The molecule has 0 atom stereocenters. The normalized spacial score (nSPS) is 10.5. The molecule has 0 fully saturated rings. The highest BCUT2D eigenvalue weighted by Gasteiger charge is 2.07. The van der Waals surface area contributed by atoms with Crippen molar-refractivity contribution in [3.8, 4) is 17.0 Å². The van der Waals surface area contributed by atoms with Crippen molar-refractivity contribution in [2.24, 2.45) is 0 Å². The first-order chi connectivity index (χ1) is 10.3. The Balaban J connectivity index is 1.70. The SMILES string of the molecule is Cc1ccccc1CCOc1ccccc1-c1c[nH]cn1. The summed E-state index contributed by atoms with van der Waals surface area (Å²) < 4.78 is 5.97. The summed E-state index contributed by atoms with van der Waals surface area (Å²) in [7, 11) is 0. The molecular weight excluding hydrogens is 260 g/mol. The van der Waals surface area contributed by atoms with Gasteiger partial charge in [-0.2, -0.15) is 0 Å². The van der Waals surface area contributed by atoms with Crippen LogP contribution in [0.1, 0.15) is 11.1 Å². The van der Waals surface area contributed by atoms with Gasteiger partial charge in [0.2, 0.25) is 0 Å². The number of para-hydroxylation sites is 1. The first-order valence-electron chi connectivity index (χ1n) is 7.10. The molecule has 0 radical (unpaired) electrons. The predicted octanol–water partition coefficient (Wildman–Crippen LogP) is 4.01. The summed E-state index contributed by atoms with van der Waals surface area (Å²) in [6, 6.07) is 16.4. The Hall–Kier alpha value is -2.55. The second kappa shape index (κ2) is 6.27. The second-order valence-electron chi connectivity index (χ2n) is 4.98. The first-order valence-corrected chi connectivity index (χ1v) is 7.10. The van der Waals surface area contributed by atoms with Crippen LogP contribution in [0, 0.1) is 6.92 Å². The average Bonchev–Trinajstić information content (AvgIpc) is 3.04. The highest BCUT2D eigenvalue weighted by Crippen LogP contribution is 2.27. The molecule has 3 rings (SSSR count). The van der Waals surface area contributed by atoms with E-state index in [0.717, 1.165) is 23.4 Å². The van der Waals surface area contributed by atoms with E-state index in [1.54, 1.807) is 6.33 Å². The third-order valence-corrected chi connectivity index (χ3v) is 3.55. The number of benzene rings is 2. The fraction of sp³-hybridized carbons (Fsp3) is 0.167.